The first-order valence-electron chi connectivity index (χ1n) is 12.2. The number of para-hydroxylation sites is 1. The molecule has 0 fully saturated rings. The van der Waals surface area contributed by atoms with Gasteiger partial charge in [0.2, 0.25) is 0 Å². The van der Waals surface area contributed by atoms with Crippen LogP contribution in [0.15, 0.2) is 94.9 Å². The van der Waals surface area contributed by atoms with Crippen LogP contribution in [0.25, 0.3) is 33.4 Å². The van der Waals surface area contributed by atoms with E-state index in [4.69, 9.17) is 9.98 Å². The lowest BCUT2D eigenvalue weighted by atomic mass is 9.84. The number of fused-ring (bicyclic) bond motifs is 9. The maximum Gasteiger partial charge on any atom is 0.0817 e. The molecule has 164 valence electrons. The second kappa shape index (κ2) is 6.64. The van der Waals surface area contributed by atoms with Crippen molar-refractivity contribution in [3.63, 3.8) is 0 Å². The first-order chi connectivity index (χ1) is 17.2. The lowest BCUT2D eigenvalue weighted by molar-refractivity contribution is 1.23. The standard InChI is InChI=1S/C33H22N2/c1-18-16-25-21-9-4-3-8-20(21)17-26(25)30(19(18)2)24-11-7-13-28-31(24)32-29(34-28)15-14-23-22-10-5-6-12-27(22)35-33(23)32/h3-16H,17H2,1-2H3. The van der Waals surface area contributed by atoms with Gasteiger partial charge in [0.05, 0.1) is 22.1 Å². The summed E-state index contributed by atoms with van der Waals surface area (Å²) >= 11 is 0. The third kappa shape index (κ3) is 2.44. The molecular weight excluding hydrogens is 424 g/mol. The van der Waals surface area contributed by atoms with E-state index in [1.807, 2.05) is 0 Å². The molecule has 0 amide bonds. The first-order valence-corrected chi connectivity index (χ1v) is 12.2. The number of benzene rings is 5. The SMILES string of the molecule is Cc1cc2c(c(-c3cccc4c3-c3c5c(ccc3=N4)=c3ccccc3=N5)c1C)Cc1ccccc1-2. The topological polar surface area (TPSA) is 24.7 Å². The molecule has 35 heavy (non-hydrogen) atoms. The van der Waals surface area contributed by atoms with E-state index in [9.17, 15) is 0 Å². The van der Waals surface area contributed by atoms with Gasteiger partial charge in [-0.05, 0) is 89.0 Å². The average molecular weight is 447 g/mol. The Morgan fingerprint density at radius 2 is 1.43 bits per heavy atom. The van der Waals surface area contributed by atoms with Crippen molar-refractivity contribution in [2.75, 3.05) is 0 Å². The molecule has 0 saturated carbocycles. The van der Waals surface area contributed by atoms with E-state index in [0.717, 1.165) is 28.5 Å². The maximum atomic E-state index is 5.11. The molecule has 0 saturated heterocycles. The quantitative estimate of drug-likeness (QED) is 0.259. The van der Waals surface area contributed by atoms with Crippen LogP contribution in [0.2, 0.25) is 0 Å². The summed E-state index contributed by atoms with van der Waals surface area (Å²) in [5.74, 6) is 0. The van der Waals surface area contributed by atoms with Crippen molar-refractivity contribution in [1.82, 2.24) is 0 Å². The van der Waals surface area contributed by atoms with Crippen LogP contribution in [0.3, 0.4) is 0 Å². The molecule has 0 radical (unpaired) electrons. The molecule has 5 aromatic carbocycles. The van der Waals surface area contributed by atoms with Gasteiger partial charge in [-0.15, -0.1) is 0 Å². The summed E-state index contributed by atoms with van der Waals surface area (Å²) in [4.78, 5) is 10.2. The summed E-state index contributed by atoms with van der Waals surface area (Å²) in [5, 5.41) is 4.48. The van der Waals surface area contributed by atoms with Gasteiger partial charge >= 0.3 is 0 Å². The maximum absolute atomic E-state index is 5.11. The molecule has 5 aromatic rings. The van der Waals surface area contributed by atoms with Gasteiger partial charge < -0.3 is 0 Å². The van der Waals surface area contributed by atoms with Gasteiger partial charge in [0.15, 0.2) is 0 Å². The van der Waals surface area contributed by atoms with Gasteiger partial charge in [-0.3, -0.25) is 0 Å². The molecule has 1 aliphatic carbocycles. The minimum Gasteiger partial charge on any atom is -0.248 e. The molecule has 0 aromatic heterocycles. The predicted octanol–water partition coefficient (Wildman–Crippen LogP) is 7.03. The van der Waals surface area contributed by atoms with E-state index < -0.39 is 0 Å². The van der Waals surface area contributed by atoms with E-state index in [0.29, 0.717) is 0 Å². The fourth-order valence-corrected chi connectivity index (χ4v) is 6.29. The minimum atomic E-state index is 0.971. The van der Waals surface area contributed by atoms with Crippen molar-refractivity contribution in [2.45, 2.75) is 20.3 Å². The zero-order chi connectivity index (χ0) is 23.3. The lowest BCUT2D eigenvalue weighted by Gasteiger charge is -2.19. The molecule has 2 heterocycles. The Kier molecular flexibility index (Phi) is 3.61. The highest BCUT2D eigenvalue weighted by Crippen LogP contribution is 2.50. The largest absolute Gasteiger partial charge is 0.248 e. The van der Waals surface area contributed by atoms with Gasteiger partial charge in [-0.1, -0.05) is 60.7 Å². The van der Waals surface area contributed by atoms with Crippen LogP contribution in [0.5, 0.6) is 0 Å². The highest BCUT2D eigenvalue weighted by molar-refractivity contribution is 6.00. The van der Waals surface area contributed by atoms with Crippen LogP contribution in [-0.4, -0.2) is 0 Å². The van der Waals surface area contributed by atoms with Crippen LogP contribution in [0.4, 0.5) is 11.4 Å². The number of hydrogen-bond donors (Lipinski definition) is 0. The molecule has 0 bridgehead atoms. The number of hydrogen-bond acceptors (Lipinski definition) is 2. The summed E-state index contributed by atoms with van der Waals surface area (Å²) < 4.78 is 0. The van der Waals surface area contributed by atoms with Crippen LogP contribution in [-0.2, 0) is 6.42 Å². The summed E-state index contributed by atoms with van der Waals surface area (Å²) in [6, 6.07) is 30.6. The number of rotatable bonds is 1. The van der Waals surface area contributed by atoms with Crippen molar-refractivity contribution < 1.29 is 0 Å². The Labute approximate surface area is 203 Å². The zero-order valence-electron chi connectivity index (χ0n) is 19.7. The smallest absolute Gasteiger partial charge is 0.0817 e. The second-order valence-corrected chi connectivity index (χ2v) is 9.85. The van der Waals surface area contributed by atoms with Gasteiger partial charge in [0, 0.05) is 21.6 Å². The van der Waals surface area contributed by atoms with Crippen molar-refractivity contribution in [1.29, 1.82) is 0 Å². The van der Waals surface area contributed by atoms with E-state index in [2.05, 4.69) is 98.8 Å². The third-order valence-electron chi connectivity index (χ3n) is 8.01. The molecule has 0 spiro atoms. The number of nitrogens with zero attached hydrogens (tertiary/aromatic N) is 2. The highest BCUT2D eigenvalue weighted by atomic mass is 14.8. The Balaban J connectivity index is 1.47. The monoisotopic (exact) mass is 446 g/mol. The minimum absolute atomic E-state index is 0.971. The Morgan fingerprint density at radius 1 is 0.600 bits per heavy atom. The van der Waals surface area contributed by atoms with Crippen LogP contribution in [0.1, 0.15) is 22.3 Å². The van der Waals surface area contributed by atoms with E-state index in [-0.39, 0.29) is 0 Å². The van der Waals surface area contributed by atoms with E-state index in [1.54, 1.807) is 0 Å². The van der Waals surface area contributed by atoms with Crippen molar-refractivity contribution in [3.8, 4) is 33.4 Å². The lowest BCUT2D eigenvalue weighted by Crippen LogP contribution is -2.02. The first kappa shape index (κ1) is 19.1. The van der Waals surface area contributed by atoms with E-state index in [1.165, 1.54) is 66.1 Å². The summed E-state index contributed by atoms with van der Waals surface area (Å²) in [5.41, 5.74) is 15.4. The van der Waals surface area contributed by atoms with Gasteiger partial charge in [0.25, 0.3) is 0 Å². The van der Waals surface area contributed by atoms with E-state index >= 15 is 0 Å². The van der Waals surface area contributed by atoms with Crippen LogP contribution < -0.4 is 10.7 Å². The molecule has 3 aliphatic rings. The summed E-state index contributed by atoms with van der Waals surface area (Å²) in [6.45, 7) is 4.52. The van der Waals surface area contributed by atoms with Crippen molar-refractivity contribution >= 4 is 11.4 Å². The van der Waals surface area contributed by atoms with Crippen molar-refractivity contribution in [2.24, 2.45) is 9.98 Å². The molecule has 2 nitrogen and oxygen atoms in total. The molecule has 0 atom stereocenters. The molecule has 2 aliphatic heterocycles. The van der Waals surface area contributed by atoms with Crippen LogP contribution in [0, 0.1) is 24.3 Å². The van der Waals surface area contributed by atoms with Crippen molar-refractivity contribution in [3.05, 3.63) is 128 Å². The second-order valence-electron chi connectivity index (χ2n) is 9.85. The predicted molar refractivity (Wildman–Crippen MR) is 141 cm³/mol. The van der Waals surface area contributed by atoms with Gasteiger partial charge in [-0.25, -0.2) is 9.98 Å². The average Bonchev–Trinajstić information content (AvgIpc) is 3.55. The number of aryl methyl sites for hydroxylation is 1. The summed E-state index contributed by atoms with van der Waals surface area (Å²) in [6.07, 6.45) is 0.971. The molecule has 0 unspecified atom stereocenters. The summed E-state index contributed by atoms with van der Waals surface area (Å²) in [7, 11) is 0. The Morgan fingerprint density at radius 3 is 2.37 bits per heavy atom. The molecule has 0 N–H and O–H groups in total. The van der Waals surface area contributed by atoms with Gasteiger partial charge in [-0.2, -0.15) is 0 Å². The van der Waals surface area contributed by atoms with Gasteiger partial charge in [0.1, 0.15) is 0 Å². The zero-order valence-corrected chi connectivity index (χ0v) is 19.7. The fourth-order valence-electron chi connectivity index (χ4n) is 6.29. The fraction of sp³-hybridized carbons (Fsp3) is 0.0909. The van der Waals surface area contributed by atoms with Crippen LogP contribution >= 0.6 is 0 Å². The Hall–Kier alpha value is -4.30. The molecular formula is C33H22N2. The molecule has 2 heteroatoms. The highest BCUT2D eigenvalue weighted by Gasteiger charge is 2.29. The Bertz CT molecular complexity index is 2000. The normalized spacial score (nSPS) is 13.2. The molecule has 8 rings (SSSR count). The third-order valence-corrected chi connectivity index (χ3v) is 8.01.